The second-order valence-corrected chi connectivity index (χ2v) is 10.5. The maximum Gasteiger partial charge on any atom is 0.259 e. The molecule has 0 aromatic heterocycles. The van der Waals surface area contributed by atoms with Crippen LogP contribution in [0.3, 0.4) is 0 Å². The third kappa shape index (κ3) is 3.00. The summed E-state index contributed by atoms with van der Waals surface area (Å²) in [7, 11) is 0. The van der Waals surface area contributed by atoms with E-state index >= 15 is 0 Å². The summed E-state index contributed by atoms with van der Waals surface area (Å²) in [4.78, 5) is 43.1. The lowest BCUT2D eigenvalue weighted by atomic mass is 9.63. The maximum absolute atomic E-state index is 13.5. The molecule has 1 aliphatic heterocycles. The van der Waals surface area contributed by atoms with E-state index in [-0.39, 0.29) is 48.1 Å². The molecule has 0 spiro atoms. The van der Waals surface area contributed by atoms with Crippen LogP contribution < -0.4 is 4.90 Å². The first-order valence-electron chi connectivity index (χ1n) is 10.8. The van der Waals surface area contributed by atoms with Gasteiger partial charge in [0.2, 0.25) is 11.8 Å². The van der Waals surface area contributed by atoms with E-state index in [2.05, 4.69) is 28.1 Å². The Kier molecular flexibility index (Phi) is 4.60. The first-order chi connectivity index (χ1) is 15.4. The van der Waals surface area contributed by atoms with Crippen molar-refractivity contribution in [2.45, 2.75) is 6.42 Å². The molecular formula is C25H20BrClN2O3. The normalized spacial score (nSPS) is 31.5. The molecule has 1 saturated heterocycles. The highest BCUT2D eigenvalue weighted by atomic mass is 79.9. The van der Waals surface area contributed by atoms with Gasteiger partial charge in [0, 0.05) is 20.7 Å². The van der Waals surface area contributed by atoms with E-state index in [0.29, 0.717) is 28.1 Å². The van der Waals surface area contributed by atoms with Crippen LogP contribution in [0.1, 0.15) is 16.8 Å². The monoisotopic (exact) mass is 510 g/mol. The fourth-order valence-electron chi connectivity index (χ4n) is 5.93. The predicted octanol–water partition coefficient (Wildman–Crippen LogP) is 4.76. The average molecular weight is 512 g/mol. The van der Waals surface area contributed by atoms with Crippen LogP contribution in [0.4, 0.5) is 5.69 Å². The zero-order valence-electron chi connectivity index (χ0n) is 17.0. The number of hydrogen-bond acceptors (Lipinski definition) is 3. The van der Waals surface area contributed by atoms with Crippen molar-refractivity contribution in [3.63, 3.8) is 0 Å². The third-order valence-corrected chi connectivity index (χ3v) is 8.29. The molecule has 1 heterocycles. The molecule has 7 heteroatoms. The molecule has 162 valence electrons. The number of carbonyl (C=O) groups excluding carboxylic acids is 3. The Morgan fingerprint density at radius 1 is 0.938 bits per heavy atom. The van der Waals surface area contributed by atoms with Crippen molar-refractivity contribution in [2.24, 2.45) is 35.5 Å². The van der Waals surface area contributed by atoms with Crippen molar-refractivity contribution in [2.75, 3.05) is 11.6 Å². The van der Waals surface area contributed by atoms with E-state index in [9.17, 15) is 14.4 Å². The molecule has 6 atom stereocenters. The molecule has 32 heavy (non-hydrogen) atoms. The summed E-state index contributed by atoms with van der Waals surface area (Å²) in [6.45, 7) is -0.0947. The molecule has 3 fully saturated rings. The highest BCUT2D eigenvalue weighted by molar-refractivity contribution is 9.10. The largest absolute Gasteiger partial charge is 0.290 e. The van der Waals surface area contributed by atoms with Gasteiger partial charge in [-0.1, -0.05) is 39.7 Å². The van der Waals surface area contributed by atoms with Gasteiger partial charge in [-0.15, -0.1) is 0 Å². The zero-order valence-corrected chi connectivity index (χ0v) is 19.4. The summed E-state index contributed by atoms with van der Waals surface area (Å²) in [6.07, 6.45) is 5.43. The number of halogens is 2. The second-order valence-electron chi connectivity index (χ2n) is 9.12. The van der Waals surface area contributed by atoms with Crippen LogP contribution in [0.15, 0.2) is 65.2 Å². The molecule has 6 unspecified atom stereocenters. The highest BCUT2D eigenvalue weighted by Crippen LogP contribution is 2.65. The molecule has 0 N–H and O–H groups in total. The molecule has 2 aromatic carbocycles. The van der Waals surface area contributed by atoms with E-state index in [1.54, 1.807) is 36.4 Å². The number of rotatable bonds is 4. The fourth-order valence-corrected chi connectivity index (χ4v) is 6.32. The van der Waals surface area contributed by atoms with E-state index in [0.717, 1.165) is 10.9 Å². The minimum Gasteiger partial charge on any atom is -0.290 e. The van der Waals surface area contributed by atoms with E-state index in [1.165, 1.54) is 9.80 Å². The lowest BCUT2D eigenvalue weighted by molar-refractivity contribution is -0.140. The van der Waals surface area contributed by atoms with Crippen LogP contribution in [-0.4, -0.2) is 29.3 Å². The van der Waals surface area contributed by atoms with Crippen LogP contribution in [0.25, 0.3) is 0 Å². The molecular weight excluding hydrogens is 492 g/mol. The number of likely N-dealkylation sites (tertiary alicyclic amines) is 1. The standard InChI is InChI=1S/C25H20BrClN2O3/c26-14-3-7-16(8-4-14)28(23(30)13-1-5-15(27)6-2-13)12-29-24(31)21-17-9-10-18(20-11-19(17)20)22(21)25(29)32/h1-10,17-22H,11-12H2. The Morgan fingerprint density at radius 3 is 2.06 bits per heavy atom. The molecule has 7 rings (SSSR count). The predicted molar refractivity (Wildman–Crippen MR) is 124 cm³/mol. The summed E-state index contributed by atoms with van der Waals surface area (Å²) in [5.74, 6) is 0.267. The van der Waals surface area contributed by atoms with Crippen LogP contribution in [0, 0.1) is 35.5 Å². The van der Waals surface area contributed by atoms with E-state index in [1.807, 2.05) is 12.1 Å². The average Bonchev–Trinajstić information content (AvgIpc) is 3.58. The summed E-state index contributed by atoms with van der Waals surface area (Å²) in [5.41, 5.74) is 1.06. The summed E-state index contributed by atoms with van der Waals surface area (Å²) >= 11 is 9.41. The Morgan fingerprint density at radius 2 is 1.50 bits per heavy atom. The topological polar surface area (TPSA) is 57.7 Å². The first kappa shape index (κ1) is 20.2. The van der Waals surface area contributed by atoms with Crippen molar-refractivity contribution < 1.29 is 14.4 Å². The minimum atomic E-state index is -0.289. The van der Waals surface area contributed by atoms with Gasteiger partial charge in [-0.3, -0.25) is 24.2 Å². The fraction of sp³-hybridized carbons (Fsp3) is 0.320. The van der Waals surface area contributed by atoms with Crippen LogP contribution in [0.5, 0.6) is 0 Å². The minimum absolute atomic E-state index is 0.0947. The van der Waals surface area contributed by atoms with Gasteiger partial charge in [0.05, 0.1) is 11.8 Å². The molecule has 5 aliphatic rings. The summed E-state index contributed by atoms with van der Waals surface area (Å²) < 4.78 is 0.876. The van der Waals surface area contributed by atoms with Crippen molar-refractivity contribution in [1.29, 1.82) is 0 Å². The van der Waals surface area contributed by atoms with Crippen molar-refractivity contribution in [3.8, 4) is 0 Å². The Bertz CT molecular complexity index is 1130. The number of allylic oxidation sites excluding steroid dienone is 2. The SMILES string of the molecule is O=C1C2C3C=CC(C4CC34)C2C(=O)N1CN(C(=O)c1ccc(Cl)cc1)c1ccc(Br)cc1. The highest BCUT2D eigenvalue weighted by Gasteiger charge is 2.67. The lowest BCUT2D eigenvalue weighted by Gasteiger charge is -2.37. The Balaban J connectivity index is 1.33. The van der Waals surface area contributed by atoms with Gasteiger partial charge in [0.1, 0.15) is 6.67 Å². The number of amides is 3. The smallest absolute Gasteiger partial charge is 0.259 e. The van der Waals surface area contributed by atoms with Crippen LogP contribution in [0.2, 0.25) is 5.02 Å². The van der Waals surface area contributed by atoms with Crippen LogP contribution >= 0.6 is 27.5 Å². The molecule has 2 saturated carbocycles. The number of imide groups is 1. The number of hydrogen-bond donors (Lipinski definition) is 0. The number of carbonyl (C=O) groups is 3. The molecule has 4 aliphatic carbocycles. The summed E-state index contributed by atoms with van der Waals surface area (Å²) in [6, 6.07) is 13.9. The van der Waals surface area contributed by atoms with Crippen molar-refractivity contribution in [3.05, 3.63) is 75.7 Å². The van der Waals surface area contributed by atoms with E-state index in [4.69, 9.17) is 11.6 Å². The van der Waals surface area contributed by atoms with Gasteiger partial charge >= 0.3 is 0 Å². The lowest BCUT2D eigenvalue weighted by Crippen LogP contribution is -2.45. The second kappa shape index (κ2) is 7.29. The van der Waals surface area contributed by atoms with E-state index < -0.39 is 0 Å². The molecule has 2 bridgehead atoms. The van der Waals surface area contributed by atoms with Crippen molar-refractivity contribution >= 4 is 50.9 Å². The molecule has 5 nitrogen and oxygen atoms in total. The Hall–Kier alpha value is -2.44. The maximum atomic E-state index is 13.5. The summed E-state index contributed by atoms with van der Waals surface area (Å²) in [5, 5.41) is 0.534. The van der Waals surface area contributed by atoms with Gasteiger partial charge in [-0.2, -0.15) is 0 Å². The van der Waals surface area contributed by atoms with Gasteiger partial charge in [-0.05, 0) is 78.6 Å². The Labute approximate surface area is 199 Å². The quantitative estimate of drug-likeness (QED) is 0.439. The molecule has 0 radical (unpaired) electrons. The first-order valence-corrected chi connectivity index (χ1v) is 12.0. The van der Waals surface area contributed by atoms with Crippen molar-refractivity contribution in [1.82, 2.24) is 4.90 Å². The van der Waals surface area contributed by atoms with Gasteiger partial charge in [0.25, 0.3) is 5.91 Å². The van der Waals surface area contributed by atoms with Gasteiger partial charge in [-0.25, -0.2) is 0 Å². The third-order valence-electron chi connectivity index (χ3n) is 7.51. The number of nitrogens with zero attached hydrogens (tertiary/aromatic N) is 2. The molecule has 3 amide bonds. The molecule has 2 aromatic rings. The van der Waals surface area contributed by atoms with Crippen LogP contribution in [-0.2, 0) is 9.59 Å². The zero-order chi connectivity index (χ0) is 22.1. The van der Waals surface area contributed by atoms with Gasteiger partial charge in [0.15, 0.2) is 0 Å². The number of benzene rings is 2. The van der Waals surface area contributed by atoms with Gasteiger partial charge < -0.3 is 0 Å². The number of anilines is 1.